The molecule has 3 rings (SSSR count). The number of fused-ring (bicyclic) bond motifs is 1. The number of nitrogens with zero attached hydrogens (tertiary/aromatic N) is 2. The maximum atomic E-state index is 10.7. The summed E-state index contributed by atoms with van der Waals surface area (Å²) in [5, 5.41) is 14.5. The summed E-state index contributed by atoms with van der Waals surface area (Å²) in [4.78, 5) is 17.7. The summed E-state index contributed by atoms with van der Waals surface area (Å²) in [7, 11) is 0. The second kappa shape index (κ2) is 5.41. The van der Waals surface area contributed by atoms with Gasteiger partial charge >= 0.3 is 0 Å². The number of nitro groups is 1. The monoisotopic (exact) mass is 302 g/mol. The normalized spacial score (nSPS) is 10.7. The van der Waals surface area contributed by atoms with Crippen molar-refractivity contribution in [1.29, 1.82) is 0 Å². The second-order valence-electron chi connectivity index (χ2n) is 4.53. The second-order valence-corrected chi connectivity index (χ2v) is 4.96. The minimum atomic E-state index is -0.431. The van der Waals surface area contributed by atoms with Crippen LogP contribution < -0.4 is 5.32 Å². The van der Waals surface area contributed by atoms with Crippen molar-refractivity contribution in [2.75, 3.05) is 5.32 Å². The van der Waals surface area contributed by atoms with Gasteiger partial charge in [0.25, 0.3) is 5.69 Å². The highest BCUT2D eigenvalue weighted by atomic mass is 35.5. The van der Waals surface area contributed by atoms with Crippen LogP contribution in [0, 0.1) is 10.1 Å². The van der Waals surface area contributed by atoms with Crippen molar-refractivity contribution in [1.82, 2.24) is 9.97 Å². The van der Waals surface area contributed by atoms with Crippen LogP contribution in [-0.4, -0.2) is 14.9 Å². The third-order valence-electron chi connectivity index (χ3n) is 3.03. The molecule has 3 aromatic rings. The van der Waals surface area contributed by atoms with Gasteiger partial charge in [-0.15, -0.1) is 0 Å². The van der Waals surface area contributed by atoms with Gasteiger partial charge in [-0.1, -0.05) is 23.7 Å². The Morgan fingerprint density at radius 3 is 2.90 bits per heavy atom. The molecule has 0 fully saturated rings. The molecule has 2 aromatic carbocycles. The minimum Gasteiger partial charge on any atom is -0.352 e. The van der Waals surface area contributed by atoms with Crippen LogP contribution in [0.5, 0.6) is 0 Å². The molecular formula is C14H11ClN4O2. The molecule has 0 saturated heterocycles. The number of imidazole rings is 1. The van der Waals surface area contributed by atoms with Gasteiger partial charge in [-0.2, -0.15) is 0 Å². The molecule has 0 amide bonds. The molecule has 0 aliphatic heterocycles. The number of nitrogens with one attached hydrogen (secondary N) is 2. The van der Waals surface area contributed by atoms with Crippen LogP contribution in [0.1, 0.15) is 5.56 Å². The number of hydrogen-bond donors (Lipinski definition) is 2. The highest BCUT2D eigenvalue weighted by Gasteiger charge is 2.09. The van der Waals surface area contributed by atoms with Crippen LogP contribution in [-0.2, 0) is 6.54 Å². The molecule has 106 valence electrons. The fourth-order valence-corrected chi connectivity index (χ4v) is 2.24. The van der Waals surface area contributed by atoms with Crippen molar-refractivity contribution in [2.45, 2.75) is 6.54 Å². The maximum absolute atomic E-state index is 10.7. The number of anilines is 1. The van der Waals surface area contributed by atoms with Gasteiger partial charge < -0.3 is 10.3 Å². The smallest absolute Gasteiger partial charge is 0.271 e. The van der Waals surface area contributed by atoms with Gasteiger partial charge in [0.05, 0.1) is 16.0 Å². The molecule has 0 spiro atoms. The number of rotatable bonds is 4. The lowest BCUT2D eigenvalue weighted by Crippen LogP contribution is -2.00. The number of halogens is 1. The van der Waals surface area contributed by atoms with Crippen molar-refractivity contribution < 1.29 is 4.92 Å². The lowest BCUT2D eigenvalue weighted by molar-refractivity contribution is -0.384. The van der Waals surface area contributed by atoms with E-state index in [9.17, 15) is 10.1 Å². The van der Waals surface area contributed by atoms with Crippen molar-refractivity contribution in [3.8, 4) is 0 Å². The largest absolute Gasteiger partial charge is 0.352 e. The zero-order chi connectivity index (χ0) is 14.8. The van der Waals surface area contributed by atoms with E-state index in [-0.39, 0.29) is 5.69 Å². The number of aromatic amines is 1. The number of benzene rings is 2. The molecule has 0 aliphatic rings. The molecule has 0 atom stereocenters. The summed E-state index contributed by atoms with van der Waals surface area (Å²) in [6.45, 7) is 0.558. The van der Waals surface area contributed by atoms with E-state index in [0.29, 0.717) is 28.5 Å². The zero-order valence-electron chi connectivity index (χ0n) is 10.8. The summed E-state index contributed by atoms with van der Waals surface area (Å²) >= 11 is 5.92. The average Bonchev–Trinajstić information content (AvgIpc) is 2.87. The Morgan fingerprint density at radius 1 is 1.29 bits per heavy atom. The van der Waals surface area contributed by atoms with E-state index >= 15 is 0 Å². The van der Waals surface area contributed by atoms with E-state index in [1.165, 1.54) is 12.1 Å². The number of aromatic nitrogens is 2. The molecular weight excluding hydrogens is 292 g/mol. The van der Waals surface area contributed by atoms with Crippen molar-refractivity contribution >= 4 is 34.3 Å². The average molecular weight is 303 g/mol. The van der Waals surface area contributed by atoms with E-state index < -0.39 is 4.92 Å². The molecule has 0 aliphatic carbocycles. The molecule has 0 unspecified atom stereocenters. The number of non-ortho nitro benzene ring substituents is 1. The quantitative estimate of drug-likeness (QED) is 0.568. The molecule has 1 heterocycles. The lowest BCUT2D eigenvalue weighted by Gasteiger charge is -2.03. The van der Waals surface area contributed by atoms with E-state index in [1.807, 2.05) is 24.3 Å². The van der Waals surface area contributed by atoms with Crippen LogP contribution in [0.25, 0.3) is 11.0 Å². The van der Waals surface area contributed by atoms with Gasteiger partial charge in [-0.25, -0.2) is 4.98 Å². The standard InChI is InChI=1S/C14H11ClN4O2/c15-10-3-1-2-9(6-10)8-16-14-17-12-5-4-11(19(20)21)7-13(12)18-14/h1-7H,8H2,(H2,16,17,18). The van der Waals surface area contributed by atoms with Gasteiger partial charge in [-0.05, 0) is 23.8 Å². The van der Waals surface area contributed by atoms with E-state index in [2.05, 4.69) is 15.3 Å². The zero-order valence-corrected chi connectivity index (χ0v) is 11.6. The van der Waals surface area contributed by atoms with Crippen LogP contribution >= 0.6 is 11.6 Å². The Balaban J connectivity index is 1.80. The van der Waals surface area contributed by atoms with Crippen molar-refractivity contribution in [3.63, 3.8) is 0 Å². The summed E-state index contributed by atoms with van der Waals surface area (Å²) in [5.74, 6) is 0.561. The molecule has 7 heteroatoms. The van der Waals surface area contributed by atoms with E-state index in [0.717, 1.165) is 5.56 Å². The Bertz CT molecular complexity index is 816. The maximum Gasteiger partial charge on any atom is 0.271 e. The molecule has 2 N–H and O–H groups in total. The first-order valence-corrected chi connectivity index (χ1v) is 6.62. The highest BCUT2D eigenvalue weighted by molar-refractivity contribution is 6.30. The Kier molecular flexibility index (Phi) is 3.45. The van der Waals surface area contributed by atoms with Crippen LogP contribution in [0.4, 0.5) is 11.6 Å². The van der Waals surface area contributed by atoms with Crippen LogP contribution in [0.3, 0.4) is 0 Å². The Labute approximate surface area is 124 Å². The predicted molar refractivity (Wildman–Crippen MR) is 81.5 cm³/mol. The molecule has 0 radical (unpaired) electrons. The topological polar surface area (TPSA) is 83.8 Å². The first-order valence-electron chi connectivity index (χ1n) is 6.24. The number of nitro benzene ring substituents is 1. The first kappa shape index (κ1) is 13.4. The molecule has 6 nitrogen and oxygen atoms in total. The fraction of sp³-hybridized carbons (Fsp3) is 0.0714. The van der Waals surface area contributed by atoms with Crippen LogP contribution in [0.2, 0.25) is 5.02 Å². The molecule has 0 saturated carbocycles. The predicted octanol–water partition coefficient (Wildman–Crippen LogP) is 3.74. The highest BCUT2D eigenvalue weighted by Crippen LogP contribution is 2.21. The van der Waals surface area contributed by atoms with Gasteiger partial charge in [0.1, 0.15) is 0 Å². The van der Waals surface area contributed by atoms with E-state index in [1.54, 1.807) is 6.07 Å². The van der Waals surface area contributed by atoms with E-state index in [4.69, 9.17) is 11.6 Å². The Hall–Kier alpha value is -2.60. The Morgan fingerprint density at radius 2 is 2.14 bits per heavy atom. The molecule has 0 bridgehead atoms. The van der Waals surface area contributed by atoms with Crippen LogP contribution in [0.15, 0.2) is 42.5 Å². The van der Waals surface area contributed by atoms with Crippen molar-refractivity contribution in [2.24, 2.45) is 0 Å². The minimum absolute atomic E-state index is 0.0348. The van der Waals surface area contributed by atoms with Gasteiger partial charge in [-0.3, -0.25) is 10.1 Å². The third kappa shape index (κ3) is 2.95. The summed E-state index contributed by atoms with van der Waals surface area (Å²) in [5.41, 5.74) is 2.36. The summed E-state index contributed by atoms with van der Waals surface area (Å²) in [6.07, 6.45) is 0. The number of hydrogen-bond acceptors (Lipinski definition) is 4. The van der Waals surface area contributed by atoms with Gasteiger partial charge in [0, 0.05) is 23.7 Å². The summed E-state index contributed by atoms with van der Waals surface area (Å²) < 4.78 is 0. The molecule has 1 aromatic heterocycles. The fourth-order valence-electron chi connectivity index (χ4n) is 2.03. The molecule has 21 heavy (non-hydrogen) atoms. The summed E-state index contributed by atoms with van der Waals surface area (Å²) in [6, 6.07) is 12.0. The lowest BCUT2D eigenvalue weighted by atomic mass is 10.2. The van der Waals surface area contributed by atoms with Crippen molar-refractivity contribution in [3.05, 3.63) is 63.2 Å². The third-order valence-corrected chi connectivity index (χ3v) is 3.26. The van der Waals surface area contributed by atoms with Gasteiger partial charge in [0.2, 0.25) is 5.95 Å². The number of H-pyrrole nitrogens is 1. The first-order chi connectivity index (χ1) is 10.1. The SMILES string of the molecule is O=[N+]([O-])c1ccc2nc(NCc3cccc(Cl)c3)[nH]c2c1. The van der Waals surface area contributed by atoms with Gasteiger partial charge in [0.15, 0.2) is 0 Å².